The highest BCUT2D eigenvalue weighted by Gasteiger charge is 2.42. The molecule has 12 nitrogen and oxygen atoms in total. The lowest BCUT2D eigenvalue weighted by Crippen LogP contribution is -2.44. The van der Waals surface area contributed by atoms with Crippen molar-refractivity contribution < 1.29 is 19.1 Å². The second kappa shape index (κ2) is 20.4. The fourth-order valence-corrected chi connectivity index (χ4v) is 10.7. The Hall–Kier alpha value is -5.53. The quantitative estimate of drug-likeness (QED) is 0.0659. The van der Waals surface area contributed by atoms with Crippen molar-refractivity contribution in [3.05, 3.63) is 142 Å². The maximum atomic E-state index is 14.0. The SMILES string of the molecule is O=C(CCCC[C@@H]1SC[C@@H]2NC(=O)N[C@@H]21)NCCn1c(=O)n(C2CCN(C(=O)OC[C@H](Cc3ccccc3)N(Cc3ccccc3)Cc3ccccc3)CC2)c2ccccc21. The number of para-hydroxylation sites is 2. The van der Waals surface area contributed by atoms with Crippen LogP contribution in [0.5, 0.6) is 0 Å². The van der Waals surface area contributed by atoms with Gasteiger partial charge < -0.3 is 25.6 Å². The first-order chi connectivity index (χ1) is 29.9. The Morgan fingerprint density at radius 3 is 2.08 bits per heavy atom. The molecule has 3 fully saturated rings. The average molecular weight is 844 g/mol. The van der Waals surface area contributed by atoms with Crippen molar-refractivity contribution in [1.29, 1.82) is 0 Å². The number of benzene rings is 4. The maximum absolute atomic E-state index is 14.0. The Labute approximate surface area is 362 Å². The molecular weight excluding hydrogens is 787 g/mol. The lowest BCUT2D eigenvalue weighted by Gasteiger charge is -2.34. The van der Waals surface area contributed by atoms with E-state index in [4.69, 9.17) is 4.74 Å². The number of nitrogens with one attached hydrogen (secondary N) is 3. The number of carbonyl (C=O) groups excluding carboxylic acids is 3. The summed E-state index contributed by atoms with van der Waals surface area (Å²) in [5.74, 6) is 0.912. The average Bonchev–Trinajstić information content (AvgIpc) is 3.94. The van der Waals surface area contributed by atoms with E-state index in [0.29, 0.717) is 63.8 Å². The highest BCUT2D eigenvalue weighted by molar-refractivity contribution is 8.00. The zero-order valence-electron chi connectivity index (χ0n) is 34.7. The molecule has 4 aromatic carbocycles. The molecule has 0 unspecified atom stereocenters. The summed E-state index contributed by atoms with van der Waals surface area (Å²) in [4.78, 5) is 56.4. The van der Waals surface area contributed by atoms with Gasteiger partial charge in [0.1, 0.15) is 6.61 Å². The van der Waals surface area contributed by atoms with Crippen molar-refractivity contribution in [2.24, 2.45) is 0 Å². The van der Waals surface area contributed by atoms with Crippen LogP contribution in [0, 0.1) is 0 Å². The number of rotatable bonds is 18. The number of fused-ring (bicyclic) bond motifs is 2. The summed E-state index contributed by atoms with van der Waals surface area (Å²) in [6.07, 6.45) is 4.76. The van der Waals surface area contributed by atoms with Crippen LogP contribution in [0.4, 0.5) is 9.59 Å². The van der Waals surface area contributed by atoms with E-state index >= 15 is 0 Å². The minimum atomic E-state index is -0.327. The molecule has 3 aliphatic heterocycles. The van der Waals surface area contributed by atoms with Crippen LogP contribution in [0.15, 0.2) is 120 Å². The molecular formula is C48H57N7O5S. The van der Waals surface area contributed by atoms with Crippen LogP contribution in [-0.2, 0) is 35.6 Å². The third-order valence-electron chi connectivity index (χ3n) is 12.4. The van der Waals surface area contributed by atoms with Crippen LogP contribution in [0.2, 0.25) is 0 Å². The molecule has 13 heteroatoms. The van der Waals surface area contributed by atoms with Crippen molar-refractivity contribution in [2.75, 3.05) is 32.0 Å². The summed E-state index contributed by atoms with van der Waals surface area (Å²) in [6.45, 7) is 3.37. The molecule has 320 valence electrons. The molecule has 0 saturated carbocycles. The van der Waals surface area contributed by atoms with Crippen LogP contribution in [-0.4, -0.2) is 92.3 Å². The summed E-state index contributed by atoms with van der Waals surface area (Å²) in [5.41, 5.74) is 5.19. The van der Waals surface area contributed by atoms with Crippen molar-refractivity contribution in [3.8, 4) is 0 Å². The lowest BCUT2D eigenvalue weighted by molar-refractivity contribution is -0.121. The first-order valence-corrected chi connectivity index (χ1v) is 22.9. The number of nitrogens with zero attached hydrogens (tertiary/aromatic N) is 4. The standard InChI is InChI=1S/C48H57N7O5S/c56-44(23-13-12-22-43-45-40(34-61-43)50-46(57)51-45)49-26-29-54-41-20-10-11-21-42(41)55(47(54)58)38-24-27-52(28-25-38)48(59)60-33-39(30-35-14-4-1-5-15-35)53(31-36-16-6-2-7-17-36)32-37-18-8-3-9-19-37/h1-11,14-21,38-40,43,45H,12-13,22-34H2,(H,49,56)(H2,50,51,57)/t39-,40-,43-,45-/m0/s1. The molecule has 61 heavy (non-hydrogen) atoms. The van der Waals surface area contributed by atoms with E-state index in [1.165, 1.54) is 16.7 Å². The first kappa shape index (κ1) is 42.2. The van der Waals surface area contributed by atoms with E-state index in [-0.39, 0.29) is 54.5 Å². The van der Waals surface area contributed by atoms with Crippen LogP contribution in [0.1, 0.15) is 61.3 Å². The third kappa shape index (κ3) is 10.7. The number of aromatic nitrogens is 2. The molecule has 3 saturated heterocycles. The van der Waals surface area contributed by atoms with E-state index in [1.54, 1.807) is 9.47 Å². The van der Waals surface area contributed by atoms with Crippen molar-refractivity contribution in [1.82, 2.24) is 34.9 Å². The lowest BCUT2D eigenvalue weighted by atomic mass is 10.0. The van der Waals surface area contributed by atoms with E-state index in [1.807, 2.05) is 70.9 Å². The summed E-state index contributed by atoms with van der Waals surface area (Å²) < 4.78 is 9.81. The van der Waals surface area contributed by atoms with Crippen molar-refractivity contribution in [3.63, 3.8) is 0 Å². The van der Waals surface area contributed by atoms with Gasteiger partial charge in [-0.1, -0.05) is 110 Å². The summed E-state index contributed by atoms with van der Waals surface area (Å²) in [6, 6.07) is 39.2. The Morgan fingerprint density at radius 2 is 1.41 bits per heavy atom. The van der Waals surface area contributed by atoms with Gasteiger partial charge in [-0.3, -0.25) is 18.8 Å². The summed E-state index contributed by atoms with van der Waals surface area (Å²) in [5, 5.41) is 9.42. The molecule has 0 spiro atoms. The van der Waals surface area contributed by atoms with Gasteiger partial charge in [-0.15, -0.1) is 0 Å². The van der Waals surface area contributed by atoms with Gasteiger partial charge in [0.05, 0.1) is 23.1 Å². The number of ether oxygens (including phenoxy) is 1. The number of carbonyl (C=O) groups is 3. The fourth-order valence-electron chi connectivity index (χ4n) is 9.17. The van der Waals surface area contributed by atoms with Gasteiger partial charge in [-0.25, -0.2) is 14.4 Å². The number of hydrogen-bond acceptors (Lipinski definition) is 7. The Bertz CT molecular complexity index is 2240. The molecule has 0 radical (unpaired) electrons. The Morgan fingerprint density at radius 1 is 0.787 bits per heavy atom. The van der Waals surface area contributed by atoms with Crippen molar-refractivity contribution in [2.45, 2.75) is 94.0 Å². The normalized spacial score (nSPS) is 19.4. The van der Waals surface area contributed by atoms with Gasteiger partial charge >= 0.3 is 17.8 Å². The largest absolute Gasteiger partial charge is 0.448 e. The molecule has 0 aliphatic carbocycles. The third-order valence-corrected chi connectivity index (χ3v) is 13.9. The van der Waals surface area contributed by atoms with Crippen LogP contribution < -0.4 is 21.6 Å². The monoisotopic (exact) mass is 843 g/mol. The molecule has 1 aromatic heterocycles. The number of piperidine rings is 1. The molecule has 4 heterocycles. The zero-order chi connectivity index (χ0) is 42.0. The van der Waals surface area contributed by atoms with Crippen LogP contribution in [0.3, 0.4) is 0 Å². The molecule has 5 aromatic rings. The van der Waals surface area contributed by atoms with E-state index < -0.39 is 0 Å². The molecule has 3 aliphatic rings. The van der Waals surface area contributed by atoms with Gasteiger partial charge in [0.25, 0.3) is 0 Å². The van der Waals surface area contributed by atoms with E-state index in [9.17, 15) is 19.2 Å². The zero-order valence-corrected chi connectivity index (χ0v) is 35.5. The fraction of sp³-hybridized carbons (Fsp3) is 0.417. The topological polar surface area (TPSA) is 130 Å². The van der Waals surface area contributed by atoms with E-state index in [0.717, 1.165) is 42.5 Å². The van der Waals surface area contributed by atoms with Gasteiger partial charge in [-0.2, -0.15) is 11.8 Å². The van der Waals surface area contributed by atoms with Crippen LogP contribution in [0.25, 0.3) is 11.0 Å². The molecule has 4 atom stereocenters. The second-order valence-electron chi connectivity index (χ2n) is 16.5. The van der Waals surface area contributed by atoms with Gasteiger partial charge in [0.15, 0.2) is 0 Å². The molecule has 4 amide bonds. The van der Waals surface area contributed by atoms with Gasteiger partial charge in [-0.05, 0) is 60.9 Å². The molecule has 3 N–H and O–H groups in total. The highest BCUT2D eigenvalue weighted by Crippen LogP contribution is 2.33. The van der Waals surface area contributed by atoms with Gasteiger partial charge in [0.2, 0.25) is 5.91 Å². The predicted octanol–water partition coefficient (Wildman–Crippen LogP) is 6.73. The maximum Gasteiger partial charge on any atom is 0.409 e. The van der Waals surface area contributed by atoms with Gasteiger partial charge in [0, 0.05) is 68.8 Å². The van der Waals surface area contributed by atoms with Crippen LogP contribution >= 0.6 is 11.8 Å². The number of likely N-dealkylation sites (tertiary alicyclic amines) is 1. The number of urea groups is 1. The number of hydrogen-bond donors (Lipinski definition) is 3. The number of amides is 4. The minimum absolute atomic E-state index is 0.0182. The highest BCUT2D eigenvalue weighted by atomic mass is 32.2. The van der Waals surface area contributed by atoms with E-state index in [2.05, 4.69) is 81.5 Å². The van der Waals surface area contributed by atoms with Crippen molar-refractivity contribution >= 4 is 40.8 Å². The second-order valence-corrected chi connectivity index (χ2v) is 17.8. The Kier molecular flexibility index (Phi) is 14.1. The minimum Gasteiger partial charge on any atom is -0.448 e. The Balaban J connectivity index is 0.852. The number of unbranched alkanes of at least 4 members (excludes halogenated alkanes) is 1. The predicted molar refractivity (Wildman–Crippen MR) is 240 cm³/mol. The molecule has 8 rings (SSSR count). The molecule has 0 bridgehead atoms. The summed E-state index contributed by atoms with van der Waals surface area (Å²) in [7, 11) is 0. The first-order valence-electron chi connectivity index (χ1n) is 21.8. The number of imidazole rings is 1. The number of thioether (sulfide) groups is 1. The summed E-state index contributed by atoms with van der Waals surface area (Å²) >= 11 is 1.89. The smallest absolute Gasteiger partial charge is 0.409 e.